The van der Waals surface area contributed by atoms with Crippen molar-refractivity contribution in [2.45, 2.75) is 26.2 Å². The lowest BCUT2D eigenvalue weighted by Crippen LogP contribution is -2.36. The van der Waals surface area contributed by atoms with Gasteiger partial charge in [-0.05, 0) is 5.56 Å². The Morgan fingerprint density at radius 3 is 2.65 bits per heavy atom. The number of nitrogens with one attached hydrogen (secondary N) is 1. The molecule has 0 aliphatic carbocycles. The molecule has 0 aliphatic rings. The van der Waals surface area contributed by atoms with E-state index in [-0.39, 0.29) is 24.8 Å². The van der Waals surface area contributed by atoms with Crippen LogP contribution < -0.4 is 5.73 Å². The summed E-state index contributed by atoms with van der Waals surface area (Å²) in [6.07, 6.45) is 1.52. The van der Waals surface area contributed by atoms with Crippen molar-refractivity contribution in [3.63, 3.8) is 0 Å². The molecule has 1 aromatic heterocycles. The van der Waals surface area contributed by atoms with Crippen LogP contribution in [-0.4, -0.2) is 34.4 Å². The van der Waals surface area contributed by atoms with Crippen LogP contribution in [0, 0.1) is 0 Å². The first-order chi connectivity index (χ1) is 11.1. The maximum atomic E-state index is 11.8. The minimum absolute atomic E-state index is 0.0466. The van der Waals surface area contributed by atoms with Crippen LogP contribution in [0.15, 0.2) is 36.5 Å². The standard InChI is InChI=1S/C16H19N3O4/c1-11(20)15-18-7-13(19-15)9-23-16(21)14(17)10-22-8-12-5-3-2-4-6-12/h2-7,14H,8-10,17H2,1H3,(H,18,19). The number of carbonyl (C=O) groups is 2. The first-order valence-electron chi connectivity index (χ1n) is 7.15. The molecule has 2 rings (SSSR count). The van der Waals surface area contributed by atoms with Gasteiger partial charge in [0, 0.05) is 13.1 Å². The zero-order valence-electron chi connectivity index (χ0n) is 12.8. The number of nitrogens with two attached hydrogens (primary N) is 1. The Hall–Kier alpha value is -2.51. The minimum atomic E-state index is -0.870. The molecule has 0 amide bonds. The Labute approximate surface area is 133 Å². The fraction of sp³-hybridized carbons (Fsp3) is 0.312. The second kappa shape index (κ2) is 8.21. The SMILES string of the molecule is CC(=O)c1nc(COC(=O)C(N)COCc2ccccc2)c[nH]1. The summed E-state index contributed by atoms with van der Waals surface area (Å²) < 4.78 is 10.4. The van der Waals surface area contributed by atoms with Gasteiger partial charge in [0.2, 0.25) is 0 Å². The monoisotopic (exact) mass is 317 g/mol. The van der Waals surface area contributed by atoms with E-state index in [0.29, 0.717) is 12.3 Å². The molecule has 0 bridgehead atoms. The largest absolute Gasteiger partial charge is 0.458 e. The molecule has 122 valence electrons. The normalized spacial score (nSPS) is 11.9. The molecule has 2 aromatic rings. The number of aromatic nitrogens is 2. The van der Waals surface area contributed by atoms with Crippen molar-refractivity contribution in [3.8, 4) is 0 Å². The molecule has 0 spiro atoms. The van der Waals surface area contributed by atoms with Gasteiger partial charge in [-0.3, -0.25) is 9.59 Å². The van der Waals surface area contributed by atoms with Gasteiger partial charge < -0.3 is 20.2 Å². The van der Waals surface area contributed by atoms with Crippen molar-refractivity contribution in [1.82, 2.24) is 9.97 Å². The smallest absolute Gasteiger partial charge is 0.325 e. The summed E-state index contributed by atoms with van der Waals surface area (Å²) in [6.45, 7) is 1.79. The molecule has 0 aliphatic heterocycles. The van der Waals surface area contributed by atoms with Gasteiger partial charge in [0.05, 0.1) is 18.9 Å². The molecule has 1 heterocycles. The van der Waals surface area contributed by atoms with E-state index in [9.17, 15) is 9.59 Å². The van der Waals surface area contributed by atoms with Gasteiger partial charge in [-0.25, -0.2) is 4.98 Å². The summed E-state index contributed by atoms with van der Waals surface area (Å²) >= 11 is 0. The number of carbonyl (C=O) groups excluding carboxylic acids is 2. The molecule has 0 fully saturated rings. The van der Waals surface area contributed by atoms with Crippen LogP contribution >= 0.6 is 0 Å². The van der Waals surface area contributed by atoms with Crippen LogP contribution in [0.1, 0.15) is 28.8 Å². The van der Waals surface area contributed by atoms with E-state index in [2.05, 4.69) is 9.97 Å². The zero-order valence-corrected chi connectivity index (χ0v) is 12.8. The number of H-pyrrole nitrogens is 1. The van der Waals surface area contributed by atoms with Gasteiger partial charge >= 0.3 is 5.97 Å². The van der Waals surface area contributed by atoms with Crippen LogP contribution in [0.2, 0.25) is 0 Å². The maximum absolute atomic E-state index is 11.8. The number of esters is 1. The van der Waals surface area contributed by atoms with Crippen LogP contribution in [-0.2, 0) is 27.5 Å². The lowest BCUT2D eigenvalue weighted by molar-refractivity contribution is -0.148. The number of imidazole rings is 1. The lowest BCUT2D eigenvalue weighted by atomic mass is 10.2. The molecule has 7 heteroatoms. The van der Waals surface area contributed by atoms with Gasteiger partial charge in [-0.2, -0.15) is 0 Å². The Morgan fingerprint density at radius 1 is 1.26 bits per heavy atom. The third-order valence-electron chi connectivity index (χ3n) is 3.04. The summed E-state index contributed by atoms with van der Waals surface area (Å²) in [5.74, 6) is -0.537. The van der Waals surface area contributed by atoms with Crippen molar-refractivity contribution >= 4 is 11.8 Å². The predicted octanol–water partition coefficient (Wildman–Crippen LogP) is 1.20. The first-order valence-corrected chi connectivity index (χ1v) is 7.15. The Kier molecular flexibility index (Phi) is 6.02. The highest BCUT2D eigenvalue weighted by atomic mass is 16.5. The number of hydrogen-bond acceptors (Lipinski definition) is 6. The van der Waals surface area contributed by atoms with E-state index >= 15 is 0 Å². The highest BCUT2D eigenvalue weighted by Gasteiger charge is 2.16. The topological polar surface area (TPSA) is 107 Å². The third-order valence-corrected chi connectivity index (χ3v) is 3.04. The average molecular weight is 317 g/mol. The molecule has 1 atom stereocenters. The van der Waals surface area contributed by atoms with Crippen molar-refractivity contribution in [2.75, 3.05) is 6.61 Å². The molecule has 3 N–H and O–H groups in total. The Morgan fingerprint density at radius 2 is 2.00 bits per heavy atom. The summed E-state index contributed by atoms with van der Waals surface area (Å²) in [5.41, 5.74) is 7.18. The number of hydrogen-bond donors (Lipinski definition) is 2. The molecular weight excluding hydrogens is 298 g/mol. The van der Waals surface area contributed by atoms with Gasteiger partial charge in [0.25, 0.3) is 0 Å². The molecule has 1 aromatic carbocycles. The Bertz CT molecular complexity index is 654. The average Bonchev–Trinajstić information content (AvgIpc) is 3.02. The molecule has 23 heavy (non-hydrogen) atoms. The number of Topliss-reactive ketones (excluding diaryl/α,β-unsaturated/α-hetero) is 1. The minimum Gasteiger partial charge on any atom is -0.458 e. The van der Waals surface area contributed by atoms with Gasteiger partial charge in [-0.1, -0.05) is 30.3 Å². The second-order valence-electron chi connectivity index (χ2n) is 5.01. The molecule has 0 radical (unpaired) electrons. The van der Waals surface area contributed by atoms with Gasteiger partial charge in [0.15, 0.2) is 11.6 Å². The van der Waals surface area contributed by atoms with Crippen LogP contribution in [0.5, 0.6) is 0 Å². The summed E-state index contributed by atoms with van der Waals surface area (Å²) in [6, 6.07) is 8.71. The number of benzene rings is 1. The zero-order chi connectivity index (χ0) is 16.7. The van der Waals surface area contributed by atoms with Crippen molar-refractivity contribution < 1.29 is 19.1 Å². The van der Waals surface area contributed by atoms with E-state index in [0.717, 1.165) is 5.56 Å². The van der Waals surface area contributed by atoms with Crippen LogP contribution in [0.4, 0.5) is 0 Å². The fourth-order valence-electron chi connectivity index (χ4n) is 1.81. The molecule has 1 unspecified atom stereocenters. The predicted molar refractivity (Wildman–Crippen MR) is 82.5 cm³/mol. The molecular formula is C16H19N3O4. The third kappa shape index (κ3) is 5.32. The summed E-state index contributed by atoms with van der Waals surface area (Å²) in [7, 11) is 0. The second-order valence-corrected chi connectivity index (χ2v) is 5.01. The number of ether oxygens (including phenoxy) is 2. The number of nitrogens with zero attached hydrogens (tertiary/aromatic N) is 1. The van der Waals surface area contributed by atoms with Gasteiger partial charge in [0.1, 0.15) is 12.6 Å². The van der Waals surface area contributed by atoms with Gasteiger partial charge in [-0.15, -0.1) is 0 Å². The van der Waals surface area contributed by atoms with E-state index in [1.165, 1.54) is 13.1 Å². The van der Waals surface area contributed by atoms with Crippen molar-refractivity contribution in [1.29, 1.82) is 0 Å². The molecule has 7 nitrogen and oxygen atoms in total. The molecule has 0 saturated carbocycles. The van der Waals surface area contributed by atoms with Crippen LogP contribution in [0.3, 0.4) is 0 Å². The summed E-state index contributed by atoms with van der Waals surface area (Å²) in [5, 5.41) is 0. The number of rotatable bonds is 8. The van der Waals surface area contributed by atoms with Crippen LogP contribution in [0.25, 0.3) is 0 Å². The van der Waals surface area contributed by atoms with E-state index in [1.54, 1.807) is 0 Å². The van der Waals surface area contributed by atoms with Crippen molar-refractivity contribution in [2.24, 2.45) is 5.73 Å². The highest BCUT2D eigenvalue weighted by molar-refractivity contribution is 5.90. The van der Waals surface area contributed by atoms with E-state index in [4.69, 9.17) is 15.2 Å². The highest BCUT2D eigenvalue weighted by Crippen LogP contribution is 2.03. The van der Waals surface area contributed by atoms with Crippen molar-refractivity contribution in [3.05, 3.63) is 53.6 Å². The Balaban J connectivity index is 1.71. The number of aromatic amines is 1. The number of ketones is 1. The lowest BCUT2D eigenvalue weighted by Gasteiger charge is -2.11. The first kappa shape index (κ1) is 16.9. The fourth-order valence-corrected chi connectivity index (χ4v) is 1.81. The maximum Gasteiger partial charge on any atom is 0.325 e. The summed E-state index contributed by atoms with van der Waals surface area (Å²) in [4.78, 5) is 29.6. The van der Waals surface area contributed by atoms with E-state index in [1.807, 2.05) is 30.3 Å². The van der Waals surface area contributed by atoms with E-state index < -0.39 is 12.0 Å². The molecule has 0 saturated heterocycles. The quantitative estimate of drug-likeness (QED) is 0.559.